The van der Waals surface area contributed by atoms with Gasteiger partial charge in [-0.05, 0) is 19.3 Å². The molecular formula is C9H17ClN2O3S. The summed E-state index contributed by atoms with van der Waals surface area (Å²) < 4.78 is 25.0. The molecule has 1 fully saturated rings. The average molecular weight is 269 g/mol. The van der Waals surface area contributed by atoms with Crippen LogP contribution in [-0.4, -0.2) is 43.4 Å². The van der Waals surface area contributed by atoms with Crippen LogP contribution in [0.4, 0.5) is 0 Å². The van der Waals surface area contributed by atoms with E-state index in [1.807, 2.05) is 0 Å². The van der Waals surface area contributed by atoms with E-state index < -0.39 is 10.0 Å². The van der Waals surface area contributed by atoms with Crippen LogP contribution in [0.25, 0.3) is 0 Å². The topological polar surface area (TPSA) is 80.5 Å². The molecule has 0 unspecified atom stereocenters. The predicted octanol–water partition coefficient (Wildman–Crippen LogP) is 0.142. The maximum Gasteiger partial charge on any atom is 0.220 e. The summed E-state index contributed by atoms with van der Waals surface area (Å²) in [6.07, 6.45) is 1.50. The molecule has 0 aromatic carbocycles. The number of carbonyl (C=O) groups is 1. The molecule has 0 radical (unpaired) electrons. The molecule has 0 aliphatic carbocycles. The monoisotopic (exact) mass is 268 g/mol. The largest absolute Gasteiger partial charge is 0.369 e. The van der Waals surface area contributed by atoms with Gasteiger partial charge in [0.15, 0.2) is 0 Å². The minimum absolute atomic E-state index is 0.0811. The van der Waals surface area contributed by atoms with Crippen LogP contribution in [0.5, 0.6) is 0 Å². The Morgan fingerprint density at radius 1 is 1.38 bits per heavy atom. The highest BCUT2D eigenvalue weighted by atomic mass is 35.5. The first-order chi connectivity index (χ1) is 7.47. The van der Waals surface area contributed by atoms with Crippen LogP contribution in [-0.2, 0) is 14.8 Å². The zero-order valence-corrected chi connectivity index (χ0v) is 10.6. The number of hydrogen-bond donors (Lipinski definition) is 1. The molecule has 1 rings (SSSR count). The lowest BCUT2D eigenvalue weighted by Crippen LogP contribution is -2.42. The van der Waals surface area contributed by atoms with Gasteiger partial charge in [0.1, 0.15) is 0 Å². The highest BCUT2D eigenvalue weighted by Gasteiger charge is 2.29. The Morgan fingerprint density at radius 2 is 1.94 bits per heavy atom. The standard InChI is InChI=1S/C9H17ClN2O3S/c10-4-1-7-16(14,15)12-5-2-8(3-6-12)9(11)13/h8H,1-7H2,(H2,11,13). The Labute approximate surface area is 101 Å². The van der Waals surface area contributed by atoms with Gasteiger partial charge in [-0.15, -0.1) is 11.6 Å². The Bertz CT molecular complexity index is 337. The van der Waals surface area contributed by atoms with E-state index in [1.165, 1.54) is 4.31 Å². The van der Waals surface area contributed by atoms with Crippen molar-refractivity contribution in [1.29, 1.82) is 0 Å². The first kappa shape index (κ1) is 13.7. The molecule has 1 aliphatic heterocycles. The summed E-state index contributed by atoms with van der Waals surface area (Å²) in [5.74, 6) is -0.0911. The molecular weight excluding hydrogens is 252 g/mol. The summed E-state index contributed by atoms with van der Waals surface area (Å²) in [4.78, 5) is 10.9. The third-order valence-electron chi connectivity index (χ3n) is 2.79. The van der Waals surface area contributed by atoms with Gasteiger partial charge in [-0.2, -0.15) is 0 Å². The van der Waals surface area contributed by atoms with E-state index in [9.17, 15) is 13.2 Å². The smallest absolute Gasteiger partial charge is 0.220 e. The van der Waals surface area contributed by atoms with Crippen molar-refractivity contribution in [1.82, 2.24) is 4.31 Å². The van der Waals surface area contributed by atoms with Gasteiger partial charge in [-0.1, -0.05) is 0 Å². The summed E-state index contributed by atoms with van der Waals surface area (Å²) in [6.45, 7) is 0.774. The highest BCUT2D eigenvalue weighted by Crippen LogP contribution is 2.19. The number of primary amides is 1. The lowest BCUT2D eigenvalue weighted by atomic mass is 9.98. The Hall–Kier alpha value is -0.330. The lowest BCUT2D eigenvalue weighted by Gasteiger charge is -2.29. The van der Waals surface area contributed by atoms with Gasteiger partial charge in [-0.25, -0.2) is 12.7 Å². The van der Waals surface area contributed by atoms with Crippen molar-refractivity contribution in [3.05, 3.63) is 0 Å². The zero-order valence-electron chi connectivity index (χ0n) is 9.06. The molecule has 0 aromatic rings. The number of nitrogens with zero attached hydrogens (tertiary/aromatic N) is 1. The number of piperidine rings is 1. The lowest BCUT2D eigenvalue weighted by molar-refractivity contribution is -0.122. The van der Waals surface area contributed by atoms with Gasteiger partial charge >= 0.3 is 0 Å². The molecule has 1 heterocycles. The van der Waals surface area contributed by atoms with E-state index in [0.717, 1.165) is 0 Å². The predicted molar refractivity (Wildman–Crippen MR) is 62.6 cm³/mol. The molecule has 5 nitrogen and oxygen atoms in total. The van der Waals surface area contributed by atoms with E-state index in [1.54, 1.807) is 0 Å². The number of rotatable bonds is 5. The Morgan fingerprint density at radius 3 is 2.38 bits per heavy atom. The van der Waals surface area contributed by atoms with Crippen molar-refractivity contribution in [2.45, 2.75) is 19.3 Å². The Balaban J connectivity index is 2.50. The second-order valence-corrected chi connectivity index (χ2v) is 6.40. The molecule has 0 saturated carbocycles. The summed E-state index contributed by atoms with van der Waals surface area (Å²) in [6, 6.07) is 0. The van der Waals surface area contributed by atoms with Gasteiger partial charge in [-0.3, -0.25) is 4.79 Å². The average Bonchev–Trinajstić information content (AvgIpc) is 2.26. The molecule has 0 spiro atoms. The minimum Gasteiger partial charge on any atom is -0.369 e. The van der Waals surface area contributed by atoms with Crippen LogP contribution in [0.15, 0.2) is 0 Å². The zero-order chi connectivity index (χ0) is 12.2. The number of alkyl halides is 1. The van der Waals surface area contributed by atoms with Crippen molar-refractivity contribution in [3.8, 4) is 0 Å². The van der Waals surface area contributed by atoms with Crippen LogP contribution in [0, 0.1) is 5.92 Å². The van der Waals surface area contributed by atoms with E-state index in [4.69, 9.17) is 17.3 Å². The first-order valence-corrected chi connectivity index (χ1v) is 7.45. The van der Waals surface area contributed by atoms with Crippen LogP contribution in [0.3, 0.4) is 0 Å². The SMILES string of the molecule is NC(=O)C1CCN(S(=O)(=O)CCCCl)CC1. The van der Waals surface area contributed by atoms with E-state index >= 15 is 0 Å². The first-order valence-electron chi connectivity index (χ1n) is 5.30. The maximum atomic E-state index is 11.8. The molecule has 0 aromatic heterocycles. The summed E-state index contributed by atoms with van der Waals surface area (Å²) >= 11 is 5.47. The summed E-state index contributed by atoms with van der Waals surface area (Å²) in [7, 11) is -3.20. The van der Waals surface area contributed by atoms with Crippen molar-refractivity contribution in [3.63, 3.8) is 0 Å². The number of sulfonamides is 1. The molecule has 1 amide bonds. The highest BCUT2D eigenvalue weighted by molar-refractivity contribution is 7.89. The molecule has 1 aliphatic rings. The van der Waals surface area contributed by atoms with E-state index in [-0.39, 0.29) is 17.6 Å². The normalized spacial score (nSPS) is 19.8. The van der Waals surface area contributed by atoms with Crippen molar-refractivity contribution in [2.75, 3.05) is 24.7 Å². The number of amides is 1. The number of hydrogen-bond acceptors (Lipinski definition) is 3. The van der Waals surface area contributed by atoms with Gasteiger partial charge in [0.05, 0.1) is 5.75 Å². The van der Waals surface area contributed by atoms with Gasteiger partial charge in [0.25, 0.3) is 0 Å². The molecule has 2 N–H and O–H groups in total. The Kier molecular flexibility index (Phi) is 5.01. The maximum absolute atomic E-state index is 11.8. The second kappa shape index (κ2) is 5.84. The van der Waals surface area contributed by atoms with Crippen LogP contribution in [0.1, 0.15) is 19.3 Å². The fourth-order valence-corrected chi connectivity index (χ4v) is 3.61. The summed E-state index contributed by atoms with van der Waals surface area (Å²) in [5.41, 5.74) is 5.18. The minimum atomic E-state index is -3.20. The second-order valence-electron chi connectivity index (χ2n) is 3.93. The number of carbonyl (C=O) groups excluding carboxylic acids is 1. The number of halogens is 1. The van der Waals surface area contributed by atoms with Crippen LogP contribution < -0.4 is 5.73 Å². The van der Waals surface area contributed by atoms with Crippen molar-refractivity contribution < 1.29 is 13.2 Å². The van der Waals surface area contributed by atoms with Crippen LogP contribution >= 0.6 is 11.6 Å². The number of nitrogens with two attached hydrogens (primary N) is 1. The van der Waals surface area contributed by atoms with E-state index in [0.29, 0.717) is 38.2 Å². The van der Waals surface area contributed by atoms with Gasteiger partial charge in [0.2, 0.25) is 15.9 Å². The van der Waals surface area contributed by atoms with Crippen molar-refractivity contribution >= 4 is 27.5 Å². The molecule has 1 saturated heterocycles. The summed E-state index contributed by atoms with van der Waals surface area (Å²) in [5, 5.41) is 0. The van der Waals surface area contributed by atoms with E-state index in [2.05, 4.69) is 0 Å². The quantitative estimate of drug-likeness (QED) is 0.721. The van der Waals surface area contributed by atoms with Crippen LogP contribution in [0.2, 0.25) is 0 Å². The molecule has 16 heavy (non-hydrogen) atoms. The van der Waals surface area contributed by atoms with Crippen molar-refractivity contribution in [2.24, 2.45) is 11.7 Å². The molecule has 0 bridgehead atoms. The fraction of sp³-hybridized carbons (Fsp3) is 0.889. The van der Waals surface area contributed by atoms with Gasteiger partial charge < -0.3 is 5.73 Å². The molecule has 0 atom stereocenters. The molecule has 94 valence electrons. The fourth-order valence-electron chi connectivity index (χ4n) is 1.78. The van der Waals surface area contributed by atoms with Gasteiger partial charge in [0, 0.05) is 24.9 Å². The third kappa shape index (κ3) is 3.61. The third-order valence-corrected chi connectivity index (χ3v) is 5.01. The molecule has 7 heteroatoms.